The molecule has 3 heterocycles. The second kappa shape index (κ2) is 5.96. The second-order valence-corrected chi connectivity index (χ2v) is 8.27. The molecule has 3 aromatic heterocycles. The Morgan fingerprint density at radius 2 is 1.81 bits per heavy atom. The molecule has 4 rings (SSSR count). The number of rotatable bonds is 3. The van der Waals surface area contributed by atoms with Crippen molar-refractivity contribution in [3.8, 4) is 11.1 Å². The van der Waals surface area contributed by atoms with Gasteiger partial charge in [0.05, 0.1) is 16.1 Å². The maximum Gasteiger partial charge on any atom is 0.269 e. The van der Waals surface area contributed by atoms with Crippen LogP contribution in [0.5, 0.6) is 0 Å². The van der Waals surface area contributed by atoms with E-state index in [-0.39, 0.29) is 10.5 Å². The van der Waals surface area contributed by atoms with Crippen molar-refractivity contribution in [3.63, 3.8) is 0 Å². The Bertz CT molecular complexity index is 1220. The molecule has 0 amide bonds. The van der Waals surface area contributed by atoms with E-state index in [1.807, 2.05) is 6.92 Å². The Balaban J connectivity index is 2.02. The van der Waals surface area contributed by atoms with E-state index in [0.717, 1.165) is 11.1 Å². The Kier molecular flexibility index (Phi) is 3.86. The minimum absolute atomic E-state index is 0.194. The van der Waals surface area contributed by atoms with E-state index in [0.29, 0.717) is 16.0 Å². The fourth-order valence-electron chi connectivity index (χ4n) is 2.87. The van der Waals surface area contributed by atoms with Crippen molar-refractivity contribution >= 4 is 32.7 Å². The zero-order chi connectivity index (χ0) is 18.5. The average molecular weight is 387 g/mol. The maximum atomic E-state index is 13.2. The van der Waals surface area contributed by atoms with Gasteiger partial charge in [-0.25, -0.2) is 17.4 Å². The van der Waals surface area contributed by atoms with E-state index in [4.69, 9.17) is 11.6 Å². The van der Waals surface area contributed by atoms with E-state index < -0.39 is 10.0 Å². The van der Waals surface area contributed by atoms with Gasteiger partial charge in [0.2, 0.25) is 0 Å². The number of hydrogen-bond acceptors (Lipinski definition) is 4. The summed E-state index contributed by atoms with van der Waals surface area (Å²) in [6, 6.07) is 8.35. The molecule has 132 valence electrons. The third-order valence-corrected chi connectivity index (χ3v) is 6.18. The van der Waals surface area contributed by atoms with Crippen LogP contribution in [-0.2, 0) is 17.1 Å². The van der Waals surface area contributed by atoms with Crippen LogP contribution in [0.15, 0.2) is 60.0 Å². The standard InChI is InChI=1S/C18H15ClN4O2S/c1-12-3-5-14(6-4-12)26(24,25)23-11-15(13-9-21-22(2)10-13)17-16(19)7-8-20-18(17)23/h3-11H,1-2H3. The van der Waals surface area contributed by atoms with Crippen molar-refractivity contribution < 1.29 is 8.42 Å². The highest BCUT2D eigenvalue weighted by atomic mass is 35.5. The Labute approximate surface area is 155 Å². The number of fused-ring (bicyclic) bond motifs is 1. The van der Waals surface area contributed by atoms with Gasteiger partial charge in [-0.2, -0.15) is 5.10 Å². The summed E-state index contributed by atoms with van der Waals surface area (Å²) in [5.74, 6) is 0. The summed E-state index contributed by atoms with van der Waals surface area (Å²) in [4.78, 5) is 4.47. The van der Waals surface area contributed by atoms with E-state index >= 15 is 0 Å². The number of aromatic nitrogens is 4. The van der Waals surface area contributed by atoms with Crippen molar-refractivity contribution in [1.82, 2.24) is 18.7 Å². The summed E-state index contributed by atoms with van der Waals surface area (Å²) in [6.45, 7) is 1.91. The molecule has 0 saturated carbocycles. The summed E-state index contributed by atoms with van der Waals surface area (Å²) in [7, 11) is -2.01. The predicted octanol–water partition coefficient (Wildman–Crippen LogP) is 3.64. The fourth-order valence-corrected chi connectivity index (χ4v) is 4.43. The molecule has 6 nitrogen and oxygen atoms in total. The van der Waals surface area contributed by atoms with Crippen LogP contribution in [0.3, 0.4) is 0 Å². The van der Waals surface area contributed by atoms with Crippen molar-refractivity contribution in [2.45, 2.75) is 11.8 Å². The van der Waals surface area contributed by atoms with Gasteiger partial charge in [0.15, 0.2) is 5.65 Å². The Hall–Kier alpha value is -2.64. The number of pyridine rings is 1. The minimum Gasteiger partial charge on any atom is -0.275 e. The lowest BCUT2D eigenvalue weighted by Crippen LogP contribution is -2.12. The summed E-state index contributed by atoms with van der Waals surface area (Å²) >= 11 is 6.37. The van der Waals surface area contributed by atoms with Crippen LogP contribution in [0.2, 0.25) is 5.02 Å². The predicted molar refractivity (Wildman–Crippen MR) is 101 cm³/mol. The smallest absolute Gasteiger partial charge is 0.269 e. The SMILES string of the molecule is Cc1ccc(S(=O)(=O)n2cc(-c3cnn(C)c3)c3c(Cl)ccnc32)cc1. The molecule has 0 N–H and O–H groups in total. The molecule has 0 aliphatic heterocycles. The minimum atomic E-state index is -3.81. The third-order valence-electron chi connectivity index (χ3n) is 4.20. The van der Waals surface area contributed by atoms with Gasteiger partial charge in [-0.1, -0.05) is 29.3 Å². The van der Waals surface area contributed by atoms with Gasteiger partial charge in [0, 0.05) is 42.2 Å². The van der Waals surface area contributed by atoms with E-state index in [2.05, 4.69) is 10.1 Å². The van der Waals surface area contributed by atoms with E-state index in [1.165, 1.54) is 10.2 Å². The number of benzene rings is 1. The highest BCUT2D eigenvalue weighted by Gasteiger charge is 2.24. The number of hydrogen-bond donors (Lipinski definition) is 0. The molecule has 0 aliphatic carbocycles. The quantitative estimate of drug-likeness (QED) is 0.539. The molecule has 0 fully saturated rings. The first-order valence-electron chi connectivity index (χ1n) is 7.85. The maximum absolute atomic E-state index is 13.2. The molecular formula is C18H15ClN4O2S. The summed E-state index contributed by atoms with van der Waals surface area (Å²) in [6.07, 6.45) is 6.52. The lowest BCUT2D eigenvalue weighted by atomic mass is 10.1. The van der Waals surface area contributed by atoms with Gasteiger partial charge in [-0.3, -0.25) is 4.68 Å². The molecule has 4 aromatic rings. The molecule has 0 unspecified atom stereocenters. The number of nitrogens with zero attached hydrogens (tertiary/aromatic N) is 4. The van der Waals surface area contributed by atoms with Gasteiger partial charge in [-0.15, -0.1) is 0 Å². The first-order chi connectivity index (χ1) is 12.4. The van der Waals surface area contributed by atoms with Crippen molar-refractivity contribution in [1.29, 1.82) is 0 Å². The molecule has 0 bridgehead atoms. The topological polar surface area (TPSA) is 69.8 Å². The fraction of sp³-hybridized carbons (Fsp3) is 0.111. The van der Waals surface area contributed by atoms with Crippen LogP contribution in [0.1, 0.15) is 5.56 Å². The second-order valence-electron chi connectivity index (χ2n) is 6.05. The molecule has 8 heteroatoms. The van der Waals surface area contributed by atoms with E-state index in [9.17, 15) is 8.42 Å². The van der Waals surface area contributed by atoms with Crippen molar-refractivity contribution in [2.24, 2.45) is 7.05 Å². The first kappa shape index (κ1) is 16.8. The van der Waals surface area contributed by atoms with Gasteiger partial charge in [0.25, 0.3) is 10.0 Å². The summed E-state index contributed by atoms with van der Waals surface area (Å²) in [5, 5.41) is 5.18. The Morgan fingerprint density at radius 3 is 2.46 bits per heavy atom. The van der Waals surface area contributed by atoms with Crippen LogP contribution in [-0.4, -0.2) is 27.2 Å². The summed E-state index contributed by atoms with van der Waals surface area (Å²) in [5.41, 5.74) is 2.71. The van der Waals surface area contributed by atoms with Crippen LogP contribution >= 0.6 is 11.6 Å². The van der Waals surface area contributed by atoms with Gasteiger partial charge >= 0.3 is 0 Å². The average Bonchev–Trinajstić information content (AvgIpc) is 3.20. The van der Waals surface area contributed by atoms with Crippen molar-refractivity contribution in [2.75, 3.05) is 0 Å². The van der Waals surface area contributed by atoms with Crippen LogP contribution in [0.4, 0.5) is 0 Å². The number of halogens is 1. The van der Waals surface area contributed by atoms with Crippen LogP contribution < -0.4 is 0 Å². The molecule has 0 atom stereocenters. The number of aryl methyl sites for hydroxylation is 2. The molecule has 26 heavy (non-hydrogen) atoms. The Morgan fingerprint density at radius 1 is 1.08 bits per heavy atom. The summed E-state index contributed by atoms with van der Waals surface area (Å²) < 4.78 is 29.2. The van der Waals surface area contributed by atoms with Gasteiger partial charge in [-0.05, 0) is 25.1 Å². The highest BCUT2D eigenvalue weighted by molar-refractivity contribution is 7.90. The van der Waals surface area contributed by atoms with E-state index in [1.54, 1.807) is 60.7 Å². The lowest BCUT2D eigenvalue weighted by molar-refractivity contribution is 0.589. The normalized spacial score (nSPS) is 12.0. The molecule has 0 radical (unpaired) electrons. The monoisotopic (exact) mass is 386 g/mol. The third kappa shape index (κ3) is 2.60. The molecule has 1 aromatic carbocycles. The van der Waals surface area contributed by atoms with Crippen LogP contribution in [0.25, 0.3) is 22.2 Å². The largest absolute Gasteiger partial charge is 0.275 e. The zero-order valence-electron chi connectivity index (χ0n) is 14.1. The molecule has 0 aliphatic rings. The molecule has 0 spiro atoms. The molecule has 0 saturated heterocycles. The van der Waals surface area contributed by atoms with Gasteiger partial charge in [0.1, 0.15) is 0 Å². The molecular weight excluding hydrogens is 372 g/mol. The first-order valence-corrected chi connectivity index (χ1v) is 9.66. The lowest BCUT2D eigenvalue weighted by Gasteiger charge is -2.07. The van der Waals surface area contributed by atoms with Crippen molar-refractivity contribution in [3.05, 3.63) is 65.7 Å². The van der Waals surface area contributed by atoms with Gasteiger partial charge < -0.3 is 0 Å². The zero-order valence-corrected chi connectivity index (χ0v) is 15.7. The highest BCUT2D eigenvalue weighted by Crippen LogP contribution is 2.35. The van der Waals surface area contributed by atoms with Crippen LogP contribution in [0, 0.1) is 6.92 Å².